The van der Waals surface area contributed by atoms with Crippen LogP contribution in [0.2, 0.25) is 0 Å². The highest BCUT2D eigenvalue weighted by atomic mass is 32.2. The van der Waals surface area contributed by atoms with E-state index in [2.05, 4.69) is 29.4 Å². The van der Waals surface area contributed by atoms with Crippen LogP contribution >= 0.6 is 23.1 Å². The molecule has 150 valence electrons. The third-order valence-electron chi connectivity index (χ3n) is 4.43. The molecule has 0 aliphatic rings. The van der Waals surface area contributed by atoms with E-state index in [0.717, 1.165) is 22.9 Å². The first-order chi connectivity index (χ1) is 12.8. The van der Waals surface area contributed by atoms with Crippen LogP contribution in [0.4, 0.5) is 5.13 Å². The van der Waals surface area contributed by atoms with E-state index in [-0.39, 0.29) is 5.91 Å². The molecule has 1 amide bonds. The summed E-state index contributed by atoms with van der Waals surface area (Å²) in [5.74, 6) is 1.04. The fraction of sp³-hybridized carbons (Fsp3) is 0.850. The number of amides is 1. The molecule has 0 spiro atoms. The molecular formula is C20H37N3OS2. The standard InChI is InChI=1S/C20H37N3OS2/c1-3-5-6-7-8-9-10-11-12-13-14-15-16-17-18(24)21-19-22-23-20(26-19)25-4-2/h3-17H2,1-2H3,(H,21,22,24). The smallest absolute Gasteiger partial charge is 0.226 e. The SMILES string of the molecule is CCCCCCCCCCCCCCCC(=O)Nc1nnc(SCC)s1. The van der Waals surface area contributed by atoms with Gasteiger partial charge in [-0.15, -0.1) is 10.2 Å². The van der Waals surface area contributed by atoms with Gasteiger partial charge in [0.2, 0.25) is 11.0 Å². The molecule has 0 radical (unpaired) electrons. The van der Waals surface area contributed by atoms with Crippen LogP contribution in [0.5, 0.6) is 0 Å². The van der Waals surface area contributed by atoms with Gasteiger partial charge in [0.25, 0.3) is 0 Å². The quantitative estimate of drug-likeness (QED) is 0.173. The summed E-state index contributed by atoms with van der Waals surface area (Å²) in [6, 6.07) is 0. The largest absolute Gasteiger partial charge is 0.301 e. The van der Waals surface area contributed by atoms with Crippen LogP contribution in [0, 0.1) is 0 Å². The Morgan fingerprint density at radius 3 is 1.92 bits per heavy atom. The highest BCUT2D eigenvalue weighted by Crippen LogP contribution is 2.25. The Labute approximate surface area is 168 Å². The summed E-state index contributed by atoms with van der Waals surface area (Å²) >= 11 is 3.11. The first-order valence-corrected chi connectivity index (χ1v) is 12.3. The van der Waals surface area contributed by atoms with Gasteiger partial charge >= 0.3 is 0 Å². The molecule has 0 aromatic carbocycles. The molecule has 6 heteroatoms. The van der Waals surface area contributed by atoms with E-state index in [1.807, 2.05) is 0 Å². The molecule has 1 N–H and O–H groups in total. The molecule has 0 aliphatic heterocycles. The number of rotatable bonds is 17. The molecular weight excluding hydrogens is 362 g/mol. The lowest BCUT2D eigenvalue weighted by molar-refractivity contribution is -0.116. The highest BCUT2D eigenvalue weighted by Gasteiger charge is 2.07. The minimum Gasteiger partial charge on any atom is -0.301 e. The Balaban J connectivity index is 1.87. The van der Waals surface area contributed by atoms with Gasteiger partial charge in [-0.2, -0.15) is 0 Å². The van der Waals surface area contributed by atoms with Gasteiger partial charge in [-0.05, 0) is 12.2 Å². The van der Waals surface area contributed by atoms with Crippen molar-refractivity contribution in [2.45, 2.75) is 108 Å². The number of carbonyl (C=O) groups excluding carboxylic acids is 1. The Morgan fingerprint density at radius 2 is 1.38 bits per heavy atom. The van der Waals surface area contributed by atoms with Crippen LogP contribution in [-0.2, 0) is 4.79 Å². The number of unbranched alkanes of at least 4 members (excludes halogenated alkanes) is 12. The van der Waals surface area contributed by atoms with Gasteiger partial charge in [0.15, 0.2) is 4.34 Å². The number of aromatic nitrogens is 2. The lowest BCUT2D eigenvalue weighted by atomic mass is 10.0. The molecule has 1 rings (SSSR count). The van der Waals surface area contributed by atoms with Gasteiger partial charge in [-0.25, -0.2) is 0 Å². The minimum atomic E-state index is 0.0669. The average Bonchev–Trinajstić information content (AvgIpc) is 3.06. The van der Waals surface area contributed by atoms with Crippen LogP contribution in [0.25, 0.3) is 0 Å². The number of anilines is 1. The third-order valence-corrected chi connectivity index (χ3v) is 6.28. The Bertz CT molecular complexity index is 466. The van der Waals surface area contributed by atoms with Crippen LogP contribution in [-0.4, -0.2) is 21.9 Å². The van der Waals surface area contributed by atoms with E-state index in [4.69, 9.17) is 0 Å². The van der Waals surface area contributed by atoms with Gasteiger partial charge in [-0.1, -0.05) is 114 Å². The molecule has 4 nitrogen and oxygen atoms in total. The number of nitrogens with zero attached hydrogens (tertiary/aromatic N) is 2. The van der Waals surface area contributed by atoms with Crippen molar-refractivity contribution >= 4 is 34.1 Å². The summed E-state index contributed by atoms with van der Waals surface area (Å²) < 4.78 is 0.920. The number of hydrogen-bond donors (Lipinski definition) is 1. The summed E-state index contributed by atoms with van der Waals surface area (Å²) in [7, 11) is 0. The number of nitrogens with one attached hydrogen (secondary N) is 1. The van der Waals surface area contributed by atoms with Crippen molar-refractivity contribution in [3.8, 4) is 0 Å². The van der Waals surface area contributed by atoms with Crippen LogP contribution in [0.3, 0.4) is 0 Å². The highest BCUT2D eigenvalue weighted by molar-refractivity contribution is 8.01. The van der Waals surface area contributed by atoms with E-state index in [0.29, 0.717) is 11.6 Å². The van der Waals surface area contributed by atoms with Crippen molar-refractivity contribution < 1.29 is 4.79 Å². The maximum absolute atomic E-state index is 11.9. The van der Waals surface area contributed by atoms with Crippen molar-refractivity contribution in [1.82, 2.24) is 10.2 Å². The topological polar surface area (TPSA) is 54.9 Å². The first kappa shape index (κ1) is 23.4. The predicted molar refractivity (Wildman–Crippen MR) is 115 cm³/mol. The molecule has 0 fully saturated rings. The fourth-order valence-electron chi connectivity index (χ4n) is 2.93. The molecule has 0 aliphatic carbocycles. The Kier molecular flexibility index (Phi) is 14.9. The lowest BCUT2D eigenvalue weighted by Gasteiger charge is -2.03. The van der Waals surface area contributed by atoms with Gasteiger partial charge in [-0.3, -0.25) is 4.79 Å². The van der Waals surface area contributed by atoms with E-state index >= 15 is 0 Å². The van der Waals surface area contributed by atoms with E-state index < -0.39 is 0 Å². The monoisotopic (exact) mass is 399 g/mol. The average molecular weight is 400 g/mol. The summed E-state index contributed by atoms with van der Waals surface area (Å²) in [5.41, 5.74) is 0. The van der Waals surface area contributed by atoms with Crippen LogP contribution in [0.15, 0.2) is 4.34 Å². The van der Waals surface area contributed by atoms with E-state index in [9.17, 15) is 4.79 Å². The number of thioether (sulfide) groups is 1. The normalized spacial score (nSPS) is 11.0. The maximum atomic E-state index is 11.9. The van der Waals surface area contributed by atoms with Gasteiger partial charge in [0.1, 0.15) is 0 Å². The van der Waals surface area contributed by atoms with Gasteiger partial charge < -0.3 is 5.32 Å². The van der Waals surface area contributed by atoms with Gasteiger partial charge in [0.05, 0.1) is 0 Å². The summed E-state index contributed by atoms with van der Waals surface area (Å²) in [5, 5.41) is 11.5. The van der Waals surface area contributed by atoms with Crippen LogP contribution in [0.1, 0.15) is 104 Å². The third kappa shape index (κ3) is 12.7. The predicted octanol–water partition coefficient (Wildman–Crippen LogP) is 7.07. The first-order valence-electron chi connectivity index (χ1n) is 10.5. The van der Waals surface area contributed by atoms with Crippen molar-refractivity contribution in [1.29, 1.82) is 0 Å². The second-order valence-electron chi connectivity index (χ2n) is 6.85. The Hall–Kier alpha value is -0.620. The summed E-state index contributed by atoms with van der Waals surface area (Å²) in [6.45, 7) is 4.35. The number of hydrogen-bond acceptors (Lipinski definition) is 5. The zero-order chi connectivity index (χ0) is 18.9. The van der Waals surface area contributed by atoms with Gasteiger partial charge in [0, 0.05) is 6.42 Å². The molecule has 1 heterocycles. The van der Waals surface area contributed by atoms with Crippen molar-refractivity contribution in [3.63, 3.8) is 0 Å². The lowest BCUT2D eigenvalue weighted by Crippen LogP contribution is -2.10. The maximum Gasteiger partial charge on any atom is 0.226 e. The van der Waals surface area contributed by atoms with E-state index in [1.54, 1.807) is 11.8 Å². The number of carbonyl (C=O) groups is 1. The molecule has 0 atom stereocenters. The van der Waals surface area contributed by atoms with Crippen molar-refractivity contribution in [2.24, 2.45) is 0 Å². The molecule has 0 bridgehead atoms. The summed E-state index contributed by atoms with van der Waals surface area (Å²) in [4.78, 5) is 11.9. The van der Waals surface area contributed by atoms with Crippen LogP contribution < -0.4 is 5.32 Å². The molecule has 0 unspecified atom stereocenters. The van der Waals surface area contributed by atoms with Crippen molar-refractivity contribution in [3.05, 3.63) is 0 Å². The molecule has 0 saturated heterocycles. The zero-order valence-electron chi connectivity index (χ0n) is 16.7. The zero-order valence-corrected chi connectivity index (χ0v) is 18.4. The second-order valence-corrected chi connectivity index (χ2v) is 9.34. The minimum absolute atomic E-state index is 0.0669. The molecule has 1 aromatic rings. The molecule has 26 heavy (non-hydrogen) atoms. The van der Waals surface area contributed by atoms with Crippen molar-refractivity contribution in [2.75, 3.05) is 11.1 Å². The Morgan fingerprint density at radius 1 is 0.846 bits per heavy atom. The molecule has 1 aromatic heterocycles. The summed E-state index contributed by atoms with van der Waals surface area (Å²) in [6.07, 6.45) is 17.8. The second kappa shape index (κ2) is 16.5. The van der Waals surface area contributed by atoms with E-state index in [1.165, 1.54) is 82.0 Å². The molecule has 0 saturated carbocycles. The fourth-order valence-corrected chi connectivity index (χ4v) is 4.59.